The first kappa shape index (κ1) is 15.2. The van der Waals surface area contributed by atoms with E-state index in [4.69, 9.17) is 11.6 Å². The summed E-state index contributed by atoms with van der Waals surface area (Å²) in [5, 5.41) is 4.22. The molecule has 0 radical (unpaired) electrons. The second-order valence-electron chi connectivity index (χ2n) is 4.14. The summed E-state index contributed by atoms with van der Waals surface area (Å²) in [5.41, 5.74) is 0.824. The molecule has 0 aliphatic carbocycles. The highest BCUT2D eigenvalue weighted by atomic mass is 35.5. The third kappa shape index (κ3) is 4.13. The van der Waals surface area contributed by atoms with Crippen molar-refractivity contribution in [1.29, 1.82) is 0 Å². The Bertz CT molecular complexity index is 666. The Balaban J connectivity index is 2.07. The summed E-state index contributed by atoms with van der Waals surface area (Å²) < 4.78 is 29.7. The zero-order chi connectivity index (χ0) is 15.4. The van der Waals surface area contributed by atoms with E-state index in [2.05, 4.69) is 9.84 Å². The summed E-state index contributed by atoms with van der Waals surface area (Å²) in [6.45, 7) is -2.86. The van der Waals surface area contributed by atoms with Crippen molar-refractivity contribution in [2.45, 2.75) is 6.61 Å². The topological polar surface area (TPSA) is 44.1 Å². The SMILES string of the molecule is Cn1cc(Cl)c(C(=O)C=Cc2ccc(OC(F)F)cc2)n1. The maximum absolute atomic E-state index is 12.0. The van der Waals surface area contributed by atoms with Crippen LogP contribution in [0.15, 0.2) is 36.5 Å². The van der Waals surface area contributed by atoms with E-state index < -0.39 is 6.61 Å². The van der Waals surface area contributed by atoms with E-state index in [0.717, 1.165) is 0 Å². The maximum atomic E-state index is 12.0. The van der Waals surface area contributed by atoms with Crippen molar-refractivity contribution in [3.63, 3.8) is 0 Å². The molecule has 0 saturated heterocycles. The van der Waals surface area contributed by atoms with Gasteiger partial charge in [0, 0.05) is 13.2 Å². The molecular formula is C14H11ClF2N2O2. The predicted octanol–water partition coefficient (Wildman–Crippen LogP) is 3.57. The number of carbonyl (C=O) groups is 1. The van der Waals surface area contributed by atoms with Gasteiger partial charge in [-0.2, -0.15) is 13.9 Å². The zero-order valence-electron chi connectivity index (χ0n) is 11.0. The zero-order valence-corrected chi connectivity index (χ0v) is 11.7. The van der Waals surface area contributed by atoms with E-state index >= 15 is 0 Å². The number of allylic oxidation sites excluding steroid dienone is 1. The maximum Gasteiger partial charge on any atom is 0.387 e. The molecule has 0 bridgehead atoms. The Morgan fingerprint density at radius 1 is 1.38 bits per heavy atom. The van der Waals surface area contributed by atoms with Gasteiger partial charge in [-0.15, -0.1) is 0 Å². The van der Waals surface area contributed by atoms with Crippen LogP contribution in [0.2, 0.25) is 5.02 Å². The van der Waals surface area contributed by atoms with E-state index in [1.807, 2.05) is 0 Å². The van der Waals surface area contributed by atoms with E-state index in [1.54, 1.807) is 25.3 Å². The highest BCUT2D eigenvalue weighted by molar-refractivity contribution is 6.34. The number of nitrogens with zero attached hydrogens (tertiary/aromatic N) is 2. The van der Waals surface area contributed by atoms with Crippen molar-refractivity contribution in [1.82, 2.24) is 9.78 Å². The average Bonchev–Trinajstić information content (AvgIpc) is 2.76. The van der Waals surface area contributed by atoms with Crippen molar-refractivity contribution in [3.8, 4) is 5.75 Å². The lowest BCUT2D eigenvalue weighted by atomic mass is 10.1. The van der Waals surface area contributed by atoms with Gasteiger partial charge < -0.3 is 4.74 Å². The van der Waals surface area contributed by atoms with Crippen molar-refractivity contribution in [2.75, 3.05) is 0 Å². The van der Waals surface area contributed by atoms with Crippen LogP contribution >= 0.6 is 11.6 Å². The van der Waals surface area contributed by atoms with Crippen LogP contribution in [0.3, 0.4) is 0 Å². The minimum absolute atomic E-state index is 0.0567. The van der Waals surface area contributed by atoms with Crippen LogP contribution < -0.4 is 4.74 Å². The van der Waals surface area contributed by atoms with Gasteiger partial charge in [0.1, 0.15) is 5.75 Å². The minimum Gasteiger partial charge on any atom is -0.435 e. The molecule has 4 nitrogen and oxygen atoms in total. The molecule has 1 aromatic heterocycles. The minimum atomic E-state index is -2.86. The lowest BCUT2D eigenvalue weighted by Crippen LogP contribution is -2.01. The van der Waals surface area contributed by atoms with Crippen molar-refractivity contribution >= 4 is 23.5 Å². The van der Waals surface area contributed by atoms with Crippen molar-refractivity contribution in [2.24, 2.45) is 7.05 Å². The first-order valence-corrected chi connectivity index (χ1v) is 6.30. The molecule has 0 fully saturated rings. The van der Waals surface area contributed by atoms with Crippen molar-refractivity contribution in [3.05, 3.63) is 52.8 Å². The third-order valence-corrected chi connectivity index (χ3v) is 2.83. The van der Waals surface area contributed by atoms with Gasteiger partial charge in [0.25, 0.3) is 0 Å². The number of benzene rings is 1. The largest absolute Gasteiger partial charge is 0.435 e. The number of ketones is 1. The monoisotopic (exact) mass is 312 g/mol. The Morgan fingerprint density at radius 3 is 2.57 bits per heavy atom. The van der Waals surface area contributed by atoms with E-state index in [-0.39, 0.29) is 22.2 Å². The number of aromatic nitrogens is 2. The lowest BCUT2D eigenvalue weighted by molar-refractivity contribution is -0.0498. The average molecular weight is 313 g/mol. The summed E-state index contributed by atoms with van der Waals surface area (Å²) in [6.07, 6.45) is 4.38. The molecule has 21 heavy (non-hydrogen) atoms. The molecule has 0 aliphatic heterocycles. The highest BCUT2D eigenvalue weighted by Crippen LogP contribution is 2.17. The summed E-state index contributed by atoms with van der Waals surface area (Å²) in [6, 6.07) is 5.90. The van der Waals surface area contributed by atoms with E-state index in [9.17, 15) is 13.6 Å². The van der Waals surface area contributed by atoms with Crippen LogP contribution in [-0.4, -0.2) is 22.2 Å². The molecule has 0 N–H and O–H groups in total. The molecule has 0 atom stereocenters. The molecule has 110 valence electrons. The first-order valence-electron chi connectivity index (χ1n) is 5.92. The van der Waals surface area contributed by atoms with Gasteiger partial charge in [-0.3, -0.25) is 9.48 Å². The second-order valence-corrected chi connectivity index (χ2v) is 4.55. The standard InChI is InChI=1S/C14H11ClF2N2O2/c1-19-8-11(15)13(18-19)12(20)7-4-9-2-5-10(6-3-9)21-14(16)17/h2-8,14H,1H3. The molecule has 1 aromatic carbocycles. The van der Waals surface area contributed by atoms with Crippen molar-refractivity contribution < 1.29 is 18.3 Å². The van der Waals surface area contributed by atoms with Gasteiger partial charge in [0.15, 0.2) is 5.69 Å². The lowest BCUT2D eigenvalue weighted by Gasteiger charge is -2.03. The van der Waals surface area contributed by atoms with Gasteiger partial charge in [-0.05, 0) is 23.8 Å². The molecule has 0 spiro atoms. The molecule has 2 aromatic rings. The van der Waals surface area contributed by atoms with Crippen LogP contribution in [0.5, 0.6) is 5.75 Å². The van der Waals surface area contributed by atoms with Crippen LogP contribution in [-0.2, 0) is 7.05 Å². The number of carbonyl (C=O) groups excluding carboxylic acids is 1. The number of hydrogen-bond acceptors (Lipinski definition) is 3. The van der Waals surface area contributed by atoms with E-state index in [0.29, 0.717) is 5.56 Å². The number of halogens is 3. The smallest absolute Gasteiger partial charge is 0.387 e. The molecule has 1 heterocycles. The van der Waals surface area contributed by atoms with Gasteiger partial charge >= 0.3 is 6.61 Å². The predicted molar refractivity (Wildman–Crippen MR) is 74.7 cm³/mol. The van der Waals surface area contributed by atoms with Gasteiger partial charge in [0.05, 0.1) is 5.02 Å². The van der Waals surface area contributed by atoms with Crippen LogP contribution in [0.25, 0.3) is 6.08 Å². The molecule has 7 heteroatoms. The number of hydrogen-bond donors (Lipinski definition) is 0. The highest BCUT2D eigenvalue weighted by Gasteiger charge is 2.11. The van der Waals surface area contributed by atoms with E-state index in [1.165, 1.54) is 29.1 Å². The Labute approximate surface area is 124 Å². The second kappa shape index (κ2) is 6.49. The first-order chi connectivity index (χ1) is 9.95. The number of rotatable bonds is 5. The third-order valence-electron chi connectivity index (χ3n) is 2.55. The Hall–Kier alpha value is -2.21. The molecular weight excluding hydrogens is 302 g/mol. The Morgan fingerprint density at radius 2 is 2.05 bits per heavy atom. The van der Waals surface area contributed by atoms with Crippen LogP contribution in [0.4, 0.5) is 8.78 Å². The molecule has 0 aliphatic rings. The quantitative estimate of drug-likeness (QED) is 0.626. The fraction of sp³-hybridized carbons (Fsp3) is 0.143. The summed E-state index contributed by atoms with van der Waals surface area (Å²) in [7, 11) is 1.66. The fourth-order valence-corrected chi connectivity index (χ4v) is 1.91. The van der Waals surface area contributed by atoms with Gasteiger partial charge in [0.2, 0.25) is 5.78 Å². The molecule has 2 rings (SSSR count). The normalized spacial score (nSPS) is 11.3. The fourth-order valence-electron chi connectivity index (χ4n) is 1.64. The van der Waals surface area contributed by atoms with Crippen LogP contribution in [0.1, 0.15) is 16.1 Å². The summed E-state index contributed by atoms with van der Waals surface area (Å²) in [4.78, 5) is 11.9. The molecule has 0 amide bonds. The molecule has 0 unspecified atom stereocenters. The number of ether oxygens (including phenoxy) is 1. The molecule has 0 saturated carbocycles. The summed E-state index contributed by atoms with van der Waals surface area (Å²) >= 11 is 5.87. The van der Waals surface area contributed by atoms with Crippen LogP contribution in [0, 0.1) is 0 Å². The Kier molecular flexibility index (Phi) is 4.70. The number of aryl methyl sites for hydroxylation is 1. The summed E-state index contributed by atoms with van der Waals surface area (Å²) in [5.74, 6) is -0.283. The van der Waals surface area contributed by atoms with Gasteiger partial charge in [-0.1, -0.05) is 29.8 Å². The number of alkyl halides is 2. The van der Waals surface area contributed by atoms with Gasteiger partial charge in [-0.25, -0.2) is 0 Å².